The van der Waals surface area contributed by atoms with E-state index in [4.69, 9.17) is 70.1 Å². The number of carbonyl (C=O) groups is 3. The van der Waals surface area contributed by atoms with Crippen molar-refractivity contribution in [1.82, 2.24) is 0 Å². The number of hydrogen-bond donors (Lipinski definition) is 12. The second-order valence-electron chi connectivity index (χ2n) is 27.5. The lowest BCUT2D eigenvalue weighted by Crippen LogP contribution is -2.18. The molecular weight excluding hydrogens is 1870 g/mol. The molecule has 0 amide bonds. The Morgan fingerprint density at radius 3 is 1.11 bits per heavy atom. The average molecular weight is 1950 g/mol. The first-order valence-corrected chi connectivity index (χ1v) is 45.7. The van der Waals surface area contributed by atoms with Gasteiger partial charge in [-0.25, -0.2) is 99.7 Å². The Hall–Kier alpha value is -14.4. The van der Waals surface area contributed by atoms with Crippen LogP contribution in [0.4, 0.5) is 59.2 Å². The molecule has 0 aliphatic heterocycles. The lowest BCUT2D eigenvalue weighted by Gasteiger charge is -2.18. The van der Waals surface area contributed by atoms with Gasteiger partial charge in [-0.3, -0.25) is 10.1 Å². The summed E-state index contributed by atoms with van der Waals surface area (Å²) in [6.07, 6.45) is -2.80. The number of nitrogens with zero attached hydrogens (tertiary/aromatic N) is 1. The van der Waals surface area contributed by atoms with Gasteiger partial charge in [-0.1, -0.05) is 92.2 Å². The number of ether oxygens (including phenoxy) is 7. The van der Waals surface area contributed by atoms with Crippen LogP contribution in [-0.4, -0.2) is 107 Å². The van der Waals surface area contributed by atoms with Crippen LogP contribution in [0.2, 0.25) is 0 Å². The number of aliphatic hydroxyl groups is 1. The van der Waals surface area contributed by atoms with Crippen LogP contribution < -0.4 is 71.1 Å². The van der Waals surface area contributed by atoms with E-state index in [0.29, 0.717) is 54.5 Å². The van der Waals surface area contributed by atoms with E-state index < -0.39 is 147 Å². The minimum Gasteiger partial charge on any atom is -0.478 e. The van der Waals surface area contributed by atoms with Crippen molar-refractivity contribution in [2.24, 2.45) is 25.7 Å². The Kier molecular flexibility index (Phi) is 36.3. The van der Waals surface area contributed by atoms with Crippen LogP contribution >= 0.6 is 0 Å². The molecule has 12 rings (SSSR count). The maximum absolute atomic E-state index is 13.2. The SMILES string of the molecule is CCCCNc1cc(COCC(F)(F)F)cc(S(N)(=O)=O)c1Oc1ccccc1.COC(=O)c1cc(NCc2ccccc2)c(Oc2ccc(F)cc2)c(S(N)(=O)=O)c1.NS(=O)(=O)c1cc(C(=O)O)cc([N+](=O)[O-])c1Oc1ccc(F)cc1.NS(=O)(=O)c1cc(CO)cc(NCc2ccccc2)c1Oc1ccc(F)cc1.Nc1cc(C(=O)O)cc(S(N)(=O)=O)c1Oc1ccc(F)cc1. The van der Waals surface area contributed by atoms with Gasteiger partial charge in [0.25, 0.3) is 0 Å². The van der Waals surface area contributed by atoms with E-state index in [9.17, 15) is 102 Å². The predicted octanol–water partition coefficient (Wildman–Crippen LogP) is 14.9. The number of nitrogen functional groups attached to an aromatic ring is 1. The Labute approximate surface area is 755 Å². The number of esters is 1. The van der Waals surface area contributed by atoms with E-state index in [1.165, 1.54) is 86.0 Å². The lowest BCUT2D eigenvalue weighted by atomic mass is 10.1. The molecule has 35 nitrogen and oxygen atoms in total. The number of nitro benzene ring substituents is 1. The number of nitrogens with one attached hydrogen (secondary N) is 3. The van der Waals surface area contributed by atoms with Crippen LogP contribution in [0.5, 0.6) is 57.5 Å². The van der Waals surface area contributed by atoms with Crippen LogP contribution in [0.25, 0.3) is 0 Å². The summed E-state index contributed by atoms with van der Waals surface area (Å²) in [7, 11) is -20.3. The van der Waals surface area contributed by atoms with Crippen molar-refractivity contribution in [1.29, 1.82) is 0 Å². The number of carboxylic acid groups (broad SMARTS) is 2. The number of para-hydroxylation sites is 1. The van der Waals surface area contributed by atoms with Gasteiger partial charge >= 0.3 is 29.8 Å². The van der Waals surface area contributed by atoms with Crippen molar-refractivity contribution in [2.45, 2.75) is 76.7 Å². The van der Waals surface area contributed by atoms with Crippen molar-refractivity contribution in [3.63, 3.8) is 0 Å². The molecule has 0 saturated heterocycles. The van der Waals surface area contributed by atoms with Crippen LogP contribution in [0.15, 0.2) is 273 Å². The molecule has 0 aromatic heterocycles. The number of alkyl halides is 3. The van der Waals surface area contributed by atoms with Crippen LogP contribution in [0.1, 0.15) is 73.1 Å². The number of primary sulfonamides is 5. The fraction of sp³-hybridized carbons (Fsp3) is 0.128. The zero-order chi connectivity index (χ0) is 97.9. The molecule has 704 valence electrons. The third-order valence-electron chi connectivity index (χ3n) is 17.4. The summed E-state index contributed by atoms with van der Waals surface area (Å²) in [6.45, 7) is 0.946. The number of methoxy groups -OCH3 is 1. The molecule has 12 aromatic carbocycles. The molecule has 0 radical (unpaired) electrons. The molecule has 0 bridgehead atoms. The fourth-order valence-electron chi connectivity index (χ4n) is 11.3. The van der Waals surface area contributed by atoms with E-state index in [2.05, 4.69) is 20.7 Å². The maximum Gasteiger partial charge on any atom is 0.411 e. The highest BCUT2D eigenvalue weighted by Gasteiger charge is 2.33. The number of carbonyl (C=O) groups excluding carboxylic acids is 1. The van der Waals surface area contributed by atoms with Gasteiger partial charge in [0.2, 0.25) is 55.9 Å². The number of aliphatic hydroxyl groups excluding tert-OH is 1. The van der Waals surface area contributed by atoms with Gasteiger partial charge in [0.05, 0.1) is 64.7 Å². The van der Waals surface area contributed by atoms with Crippen molar-refractivity contribution >= 4 is 96.5 Å². The zero-order valence-corrected chi connectivity index (χ0v) is 73.3. The number of rotatable bonds is 33. The quantitative estimate of drug-likeness (QED) is 0.00454. The number of hydrogen-bond acceptors (Lipinski definition) is 27. The lowest BCUT2D eigenvalue weighted by molar-refractivity contribution is -0.385. The van der Waals surface area contributed by atoms with Crippen LogP contribution in [0, 0.1) is 33.4 Å². The van der Waals surface area contributed by atoms with Crippen LogP contribution in [0.3, 0.4) is 0 Å². The molecule has 0 heterocycles. The monoisotopic (exact) mass is 1950 g/mol. The van der Waals surface area contributed by atoms with Crippen LogP contribution in [-0.2, 0) is 85.9 Å². The number of anilines is 4. The molecule has 0 aliphatic carbocycles. The van der Waals surface area contributed by atoms with Gasteiger partial charge in [-0.15, -0.1) is 0 Å². The number of sulfonamides is 5. The normalized spacial score (nSPS) is 11.3. The molecule has 0 saturated carbocycles. The summed E-state index contributed by atoms with van der Waals surface area (Å²) in [4.78, 5) is 41.7. The Morgan fingerprint density at radius 1 is 0.414 bits per heavy atom. The molecular formula is C86H81F7N10O25S5. The first-order valence-electron chi connectivity index (χ1n) is 38.0. The highest BCUT2D eigenvalue weighted by atomic mass is 32.2. The number of nitrogens with two attached hydrogens (primary N) is 6. The summed E-state index contributed by atoms with van der Waals surface area (Å²) in [6, 6.07) is 57.5. The van der Waals surface area contributed by atoms with Crippen molar-refractivity contribution in [3.8, 4) is 57.5 Å². The largest absolute Gasteiger partial charge is 0.478 e. The van der Waals surface area contributed by atoms with E-state index in [1.54, 1.807) is 36.4 Å². The number of aromatic carboxylic acids is 2. The highest BCUT2D eigenvalue weighted by Crippen LogP contribution is 2.44. The Morgan fingerprint density at radius 2 is 0.737 bits per heavy atom. The second-order valence-corrected chi connectivity index (χ2v) is 35.1. The Balaban J connectivity index is 0.000000206. The van der Waals surface area contributed by atoms with Gasteiger partial charge in [0, 0.05) is 25.7 Å². The number of carboxylic acids is 2. The topological polar surface area (TPSA) is 583 Å². The molecule has 47 heteroatoms. The van der Waals surface area contributed by atoms with Gasteiger partial charge in [-0.05, 0) is 192 Å². The molecule has 0 fully saturated rings. The van der Waals surface area contributed by atoms with Gasteiger partial charge in [-0.2, -0.15) is 13.2 Å². The molecule has 18 N–H and O–H groups in total. The van der Waals surface area contributed by atoms with Crippen molar-refractivity contribution in [3.05, 3.63) is 321 Å². The van der Waals surface area contributed by atoms with Gasteiger partial charge in [0.15, 0.2) is 23.0 Å². The summed E-state index contributed by atoms with van der Waals surface area (Å²) in [5.41, 5.74) is 6.76. The van der Waals surface area contributed by atoms with E-state index in [0.717, 1.165) is 84.6 Å². The molecule has 0 spiro atoms. The summed E-state index contributed by atoms with van der Waals surface area (Å²) in [5.74, 6) is -6.15. The fourth-order valence-corrected chi connectivity index (χ4v) is 14.8. The minimum absolute atomic E-state index is 0.0191. The van der Waals surface area contributed by atoms with Crippen molar-refractivity contribution in [2.75, 3.05) is 41.9 Å². The molecule has 0 aliphatic rings. The predicted molar refractivity (Wildman–Crippen MR) is 470 cm³/mol. The number of unbranched alkanes of at least 4 members (excludes halogenated alkanes) is 1. The van der Waals surface area contributed by atoms with Crippen molar-refractivity contribution < 1.29 is 141 Å². The average Bonchev–Trinajstić information content (AvgIpc) is 0.794. The maximum atomic E-state index is 13.2. The standard InChI is InChI=1S/C21H19FN2O5S.C20H19FN2O4S.C19H23F3N2O4S.C13H9FN2O7S.C13H11FN2O5S/c1-28-21(25)15-11-18(24-13-14-5-3-2-4-6-14)20(19(12-15)30(23,26)27)29-17-9-7-16(22)8-10-17;21-16-6-8-17(9-7-16)27-20-18(23-12-14-4-2-1-3-5-14)10-15(13-24)11-19(20)28(22,25)26;1-2-3-9-24-16-10-14(12-27-13-19(20,21)22)11-17(29(23,25)26)18(16)28-15-7-5-4-6-8-15;14-8-1-3-9(4-2-8)23-12-10(16(19)20)5-7(13(17)18)6-11(12)24(15,21)22;14-8-1-3-9(4-2-8)21-12-10(15)5-7(13(17)18)6-11(12)22(16,19)20/h2-12,24H,13H2,1H3,(H2,23,26,27);1-11,23-24H,12-13H2,(H2,22,25,26);4-8,10-11,24H,2-3,9,12-13H2,1H3,(H2,23,25,26);1-6H,(H,17,18)(H2,15,21,22);1-6H,15H2,(H,17,18)(H2,16,19,20). The number of halogens is 7. The number of benzene rings is 12. The first kappa shape index (κ1) is 104. The minimum atomic E-state index is -4.54. The van der Waals surface area contributed by atoms with E-state index in [-0.39, 0.29) is 90.5 Å². The zero-order valence-electron chi connectivity index (χ0n) is 69.2. The molecule has 0 unspecified atom stereocenters. The van der Waals surface area contributed by atoms with Gasteiger partial charge in [0.1, 0.15) is 83.1 Å². The summed E-state index contributed by atoms with van der Waals surface area (Å²) in [5, 5.41) is 73.9. The summed E-state index contributed by atoms with van der Waals surface area (Å²) < 4.78 is 246. The van der Waals surface area contributed by atoms with E-state index in [1.807, 2.05) is 67.6 Å². The molecule has 0 atom stereocenters. The molecule has 12 aromatic rings. The third kappa shape index (κ3) is 32.0. The Bertz CT molecular complexity index is 6750. The summed E-state index contributed by atoms with van der Waals surface area (Å²) >= 11 is 0. The third-order valence-corrected chi connectivity index (χ3v) is 21.9. The second kappa shape index (κ2) is 46.4. The van der Waals surface area contributed by atoms with Gasteiger partial charge < -0.3 is 70.2 Å². The van der Waals surface area contributed by atoms with E-state index >= 15 is 0 Å². The highest BCUT2D eigenvalue weighted by molar-refractivity contribution is 7.90. The molecule has 133 heavy (non-hydrogen) atoms. The number of nitro groups is 1. The first-order chi connectivity index (χ1) is 62.5. The smallest absolute Gasteiger partial charge is 0.411 e.